The summed E-state index contributed by atoms with van der Waals surface area (Å²) >= 11 is 0. The summed E-state index contributed by atoms with van der Waals surface area (Å²) < 4.78 is 34.4. The first-order valence-electron chi connectivity index (χ1n) is 8.85. The van der Waals surface area contributed by atoms with Gasteiger partial charge in [0.15, 0.2) is 0 Å². The van der Waals surface area contributed by atoms with Gasteiger partial charge < -0.3 is 4.74 Å². The van der Waals surface area contributed by atoms with Crippen LogP contribution >= 0.6 is 0 Å². The summed E-state index contributed by atoms with van der Waals surface area (Å²) in [5.41, 5.74) is 4.59. The van der Waals surface area contributed by atoms with Crippen molar-refractivity contribution in [1.29, 1.82) is 0 Å². The number of ether oxygens (including phenoxy) is 1. The van der Waals surface area contributed by atoms with Gasteiger partial charge in [0.1, 0.15) is 12.4 Å². The van der Waals surface area contributed by atoms with Crippen LogP contribution in [0.4, 0.5) is 0 Å². The van der Waals surface area contributed by atoms with Crippen molar-refractivity contribution in [3.8, 4) is 5.75 Å². The quantitative estimate of drug-likeness (QED) is 0.781. The molecule has 0 bridgehead atoms. The number of likely N-dealkylation sites (N-methyl/N-ethyl adjacent to an activating group) is 1. The highest BCUT2D eigenvalue weighted by atomic mass is 32.2. The number of rotatable bonds is 6. The number of nitrogens with zero attached hydrogens (tertiary/aromatic N) is 2. The average Bonchev–Trinajstić information content (AvgIpc) is 2.60. The molecule has 26 heavy (non-hydrogen) atoms. The van der Waals surface area contributed by atoms with Gasteiger partial charge in [-0.05, 0) is 54.7 Å². The summed E-state index contributed by atoms with van der Waals surface area (Å²) in [5, 5.41) is 0. The molecule has 0 amide bonds. The van der Waals surface area contributed by atoms with E-state index in [-0.39, 0.29) is 0 Å². The van der Waals surface area contributed by atoms with Crippen LogP contribution < -0.4 is 4.74 Å². The van der Waals surface area contributed by atoms with Crippen LogP contribution in [0.1, 0.15) is 22.3 Å². The van der Waals surface area contributed by atoms with Crippen LogP contribution in [0.25, 0.3) is 0 Å². The molecule has 1 aliphatic heterocycles. The summed E-state index contributed by atoms with van der Waals surface area (Å²) in [5.74, 6) is 0.778. The van der Waals surface area contributed by atoms with Crippen LogP contribution in [0.3, 0.4) is 0 Å². The maximum atomic E-state index is 12.8. The minimum Gasteiger partial charge on any atom is -0.492 e. The molecule has 0 radical (unpaired) electrons. The van der Waals surface area contributed by atoms with Crippen molar-refractivity contribution >= 4 is 10.2 Å². The second-order valence-electron chi connectivity index (χ2n) is 6.85. The summed E-state index contributed by atoms with van der Waals surface area (Å²) in [4.78, 5) is 0. The predicted molar refractivity (Wildman–Crippen MR) is 104 cm³/mol. The van der Waals surface area contributed by atoms with E-state index < -0.39 is 10.2 Å². The van der Waals surface area contributed by atoms with E-state index in [1.54, 1.807) is 11.4 Å². The van der Waals surface area contributed by atoms with Gasteiger partial charge in [-0.2, -0.15) is 17.0 Å². The molecule has 2 aromatic rings. The van der Waals surface area contributed by atoms with Gasteiger partial charge in [0.25, 0.3) is 10.2 Å². The Morgan fingerprint density at radius 2 is 1.73 bits per heavy atom. The van der Waals surface area contributed by atoms with E-state index in [2.05, 4.69) is 12.1 Å². The number of hydrogen-bond donors (Lipinski definition) is 0. The van der Waals surface area contributed by atoms with Crippen molar-refractivity contribution in [3.05, 3.63) is 64.7 Å². The Labute approximate surface area is 156 Å². The number of hydrogen-bond acceptors (Lipinski definition) is 3. The number of fused-ring (bicyclic) bond motifs is 1. The fraction of sp³-hybridized carbons (Fsp3) is 0.400. The Bertz CT molecular complexity index is 860. The van der Waals surface area contributed by atoms with Crippen LogP contribution in [-0.2, 0) is 23.2 Å². The average molecular weight is 375 g/mol. The van der Waals surface area contributed by atoms with Gasteiger partial charge >= 0.3 is 0 Å². The maximum Gasteiger partial charge on any atom is 0.282 e. The molecule has 5 nitrogen and oxygen atoms in total. The van der Waals surface area contributed by atoms with Crippen molar-refractivity contribution in [2.75, 3.05) is 26.7 Å². The zero-order valence-electron chi connectivity index (χ0n) is 15.6. The third kappa shape index (κ3) is 4.26. The predicted octanol–water partition coefficient (Wildman–Crippen LogP) is 2.92. The van der Waals surface area contributed by atoms with E-state index in [4.69, 9.17) is 4.74 Å². The van der Waals surface area contributed by atoms with Crippen molar-refractivity contribution < 1.29 is 13.2 Å². The first kappa shape index (κ1) is 18.9. The van der Waals surface area contributed by atoms with E-state index in [1.807, 2.05) is 44.2 Å². The molecule has 0 N–H and O–H groups in total. The molecule has 1 heterocycles. The molecular weight excluding hydrogens is 348 g/mol. The molecule has 3 rings (SSSR count). The second-order valence-corrected chi connectivity index (χ2v) is 8.89. The lowest BCUT2D eigenvalue weighted by molar-refractivity contribution is 0.273. The van der Waals surface area contributed by atoms with Crippen LogP contribution in [0, 0.1) is 13.8 Å². The molecule has 0 atom stereocenters. The lowest BCUT2D eigenvalue weighted by Crippen LogP contribution is -2.45. The third-order valence-electron chi connectivity index (χ3n) is 4.69. The van der Waals surface area contributed by atoms with Crippen LogP contribution in [-0.4, -0.2) is 43.8 Å². The zero-order valence-corrected chi connectivity index (χ0v) is 16.4. The van der Waals surface area contributed by atoms with Crippen LogP contribution in [0.5, 0.6) is 5.75 Å². The highest BCUT2D eigenvalue weighted by molar-refractivity contribution is 7.86. The highest BCUT2D eigenvalue weighted by Gasteiger charge is 2.29. The fourth-order valence-corrected chi connectivity index (χ4v) is 4.61. The van der Waals surface area contributed by atoms with E-state index in [1.165, 1.54) is 9.87 Å². The minimum absolute atomic E-state index is 0.313. The summed E-state index contributed by atoms with van der Waals surface area (Å²) in [6.45, 7) is 5.62. The normalized spacial score (nSPS) is 15.1. The Kier molecular flexibility index (Phi) is 5.65. The highest BCUT2D eigenvalue weighted by Crippen LogP contribution is 2.22. The molecule has 0 spiro atoms. The first-order chi connectivity index (χ1) is 12.4. The van der Waals surface area contributed by atoms with Gasteiger partial charge in [0, 0.05) is 26.7 Å². The van der Waals surface area contributed by atoms with E-state index in [0.29, 0.717) is 26.2 Å². The number of benzene rings is 2. The van der Waals surface area contributed by atoms with E-state index >= 15 is 0 Å². The maximum absolute atomic E-state index is 12.8. The van der Waals surface area contributed by atoms with Gasteiger partial charge in [0.2, 0.25) is 0 Å². The summed E-state index contributed by atoms with van der Waals surface area (Å²) in [6, 6.07) is 14.0. The monoisotopic (exact) mass is 374 g/mol. The van der Waals surface area contributed by atoms with Gasteiger partial charge in [-0.1, -0.05) is 30.3 Å². The molecule has 140 valence electrons. The molecule has 6 heteroatoms. The molecular formula is C20H26N2O3S. The summed E-state index contributed by atoms with van der Waals surface area (Å²) in [6.07, 6.45) is 0.752. The smallest absolute Gasteiger partial charge is 0.282 e. The number of aryl methyl sites for hydroxylation is 2. The Balaban J connectivity index is 1.59. The van der Waals surface area contributed by atoms with Gasteiger partial charge in [-0.25, -0.2) is 0 Å². The lowest BCUT2D eigenvalue weighted by Gasteiger charge is -2.31. The molecule has 0 fully saturated rings. The SMILES string of the molecule is Cc1cc(C)cc(OCCN(C)S(=O)(=O)N2CCc3ccccc3C2)c1. The van der Waals surface area contributed by atoms with Crippen molar-refractivity contribution in [3.63, 3.8) is 0 Å². The van der Waals surface area contributed by atoms with Gasteiger partial charge in [-0.3, -0.25) is 0 Å². The molecule has 0 aliphatic carbocycles. The van der Waals surface area contributed by atoms with Crippen molar-refractivity contribution in [1.82, 2.24) is 8.61 Å². The van der Waals surface area contributed by atoms with Crippen LogP contribution in [0.15, 0.2) is 42.5 Å². The zero-order chi connectivity index (χ0) is 18.7. The Hall–Kier alpha value is -1.89. The van der Waals surface area contributed by atoms with Crippen molar-refractivity contribution in [2.24, 2.45) is 0 Å². The third-order valence-corrected chi connectivity index (χ3v) is 6.62. The lowest BCUT2D eigenvalue weighted by atomic mass is 10.0. The van der Waals surface area contributed by atoms with E-state index in [9.17, 15) is 8.42 Å². The minimum atomic E-state index is -3.49. The molecule has 0 unspecified atom stereocenters. The molecule has 0 aromatic heterocycles. The first-order valence-corrected chi connectivity index (χ1v) is 10.3. The van der Waals surface area contributed by atoms with E-state index in [0.717, 1.165) is 28.9 Å². The Morgan fingerprint density at radius 3 is 2.42 bits per heavy atom. The second kappa shape index (κ2) is 7.78. The fourth-order valence-electron chi connectivity index (χ4n) is 3.29. The largest absolute Gasteiger partial charge is 0.492 e. The standard InChI is InChI=1S/C20H26N2O3S/c1-16-12-17(2)14-20(13-16)25-11-10-21(3)26(23,24)22-9-8-18-6-4-5-7-19(18)15-22/h4-7,12-14H,8-11,15H2,1-3H3. The summed E-state index contributed by atoms with van der Waals surface area (Å²) in [7, 11) is -1.88. The topological polar surface area (TPSA) is 49.9 Å². The molecule has 0 saturated heterocycles. The molecule has 2 aromatic carbocycles. The Morgan fingerprint density at radius 1 is 1.08 bits per heavy atom. The van der Waals surface area contributed by atoms with Crippen LogP contribution in [0.2, 0.25) is 0 Å². The molecule has 1 aliphatic rings. The van der Waals surface area contributed by atoms with Gasteiger partial charge in [-0.15, -0.1) is 0 Å². The van der Waals surface area contributed by atoms with Gasteiger partial charge in [0.05, 0.1) is 0 Å². The molecule has 0 saturated carbocycles. The van der Waals surface area contributed by atoms with Crippen molar-refractivity contribution in [2.45, 2.75) is 26.8 Å².